The Kier molecular flexibility index (Phi) is 6.52. The number of nitro benzene ring substituents is 1. The minimum atomic E-state index is -1.17. The number of carbonyl (C=O) groups is 4. The van der Waals surface area contributed by atoms with Crippen LogP contribution in [0.25, 0.3) is 0 Å². The summed E-state index contributed by atoms with van der Waals surface area (Å²) in [6.07, 6.45) is 0.191. The highest BCUT2D eigenvalue weighted by Crippen LogP contribution is 2.61. The lowest BCUT2D eigenvalue weighted by Crippen LogP contribution is -2.47. The van der Waals surface area contributed by atoms with Crippen molar-refractivity contribution in [2.45, 2.75) is 38.1 Å². The molecule has 2 amide bonds. The number of amides is 2. The normalized spacial score (nSPS) is 22.7. The van der Waals surface area contributed by atoms with Gasteiger partial charge < -0.3 is 4.74 Å². The van der Waals surface area contributed by atoms with Crippen molar-refractivity contribution in [2.24, 2.45) is 17.8 Å². The zero-order chi connectivity index (χ0) is 29.0. The van der Waals surface area contributed by atoms with Gasteiger partial charge in [-0.25, -0.2) is 4.79 Å². The van der Waals surface area contributed by atoms with Crippen LogP contribution < -0.4 is 0 Å². The number of hydrogen-bond acceptors (Lipinski definition) is 7. The molecule has 3 aromatic carbocycles. The zero-order valence-corrected chi connectivity index (χ0v) is 22.6. The van der Waals surface area contributed by atoms with Crippen molar-refractivity contribution < 1.29 is 28.8 Å². The van der Waals surface area contributed by atoms with Crippen LogP contribution in [-0.2, 0) is 19.1 Å². The van der Waals surface area contributed by atoms with Gasteiger partial charge in [0.2, 0.25) is 11.8 Å². The summed E-state index contributed by atoms with van der Waals surface area (Å²) in [5.41, 5.74) is 4.14. The van der Waals surface area contributed by atoms with Gasteiger partial charge >= 0.3 is 5.97 Å². The molecule has 1 fully saturated rings. The van der Waals surface area contributed by atoms with Crippen molar-refractivity contribution in [1.29, 1.82) is 0 Å². The molecule has 2 bridgehead atoms. The Labute approximate surface area is 236 Å². The highest BCUT2D eigenvalue weighted by molar-refractivity contribution is 6.10. The third-order valence-electron chi connectivity index (χ3n) is 8.51. The van der Waals surface area contributed by atoms with Crippen molar-refractivity contribution in [3.8, 4) is 0 Å². The third kappa shape index (κ3) is 4.23. The molecule has 1 saturated heterocycles. The summed E-state index contributed by atoms with van der Waals surface area (Å²) in [7, 11) is 0. The Hall–Kier alpha value is -4.66. The quantitative estimate of drug-likeness (QED) is 0.131. The number of imide groups is 1. The summed E-state index contributed by atoms with van der Waals surface area (Å²) in [4.78, 5) is 65.8. The van der Waals surface area contributed by atoms with Gasteiger partial charge in [-0.3, -0.25) is 29.4 Å². The topological polar surface area (TPSA) is 124 Å². The first-order valence-corrected chi connectivity index (χ1v) is 13.7. The van der Waals surface area contributed by atoms with Gasteiger partial charge in [0.1, 0.15) is 6.04 Å². The van der Waals surface area contributed by atoms with Gasteiger partial charge in [0.25, 0.3) is 5.69 Å². The Morgan fingerprint density at radius 2 is 1.29 bits per heavy atom. The number of ether oxygens (including phenoxy) is 1. The second kappa shape index (κ2) is 10.1. The number of benzene rings is 3. The first-order valence-electron chi connectivity index (χ1n) is 13.7. The lowest BCUT2D eigenvalue weighted by Gasteiger charge is -2.45. The molecule has 3 aliphatic carbocycles. The van der Waals surface area contributed by atoms with Crippen molar-refractivity contribution in [3.05, 3.63) is 111 Å². The molecule has 4 aliphatic rings. The fraction of sp³-hybridized carbons (Fsp3) is 0.312. The summed E-state index contributed by atoms with van der Waals surface area (Å²) < 4.78 is 5.39. The van der Waals surface area contributed by atoms with E-state index in [1.807, 2.05) is 62.4 Å². The number of ketones is 1. The van der Waals surface area contributed by atoms with Crippen LogP contribution in [0, 0.1) is 27.9 Å². The second-order valence-electron chi connectivity index (χ2n) is 11.3. The monoisotopic (exact) mass is 552 g/mol. The van der Waals surface area contributed by atoms with E-state index >= 15 is 0 Å². The first-order chi connectivity index (χ1) is 19.7. The molecule has 3 atom stereocenters. The summed E-state index contributed by atoms with van der Waals surface area (Å²) in [5, 5.41) is 10.9. The fourth-order valence-corrected chi connectivity index (χ4v) is 6.85. The molecule has 0 aromatic heterocycles. The number of nitrogens with zero attached hydrogens (tertiary/aromatic N) is 2. The van der Waals surface area contributed by atoms with E-state index in [-0.39, 0.29) is 47.2 Å². The highest BCUT2D eigenvalue weighted by Gasteiger charge is 2.63. The Balaban J connectivity index is 1.28. The number of likely N-dealkylation sites (tertiary alicyclic amines) is 1. The van der Waals surface area contributed by atoms with E-state index in [0.717, 1.165) is 27.2 Å². The average Bonchev–Trinajstić information content (AvgIpc) is 3.24. The van der Waals surface area contributed by atoms with E-state index in [4.69, 9.17) is 4.74 Å². The predicted molar refractivity (Wildman–Crippen MR) is 147 cm³/mol. The summed E-state index contributed by atoms with van der Waals surface area (Å²) >= 11 is 0. The van der Waals surface area contributed by atoms with Crippen molar-refractivity contribution >= 4 is 29.3 Å². The number of nitro groups is 1. The summed E-state index contributed by atoms with van der Waals surface area (Å²) in [6.45, 7) is 3.15. The lowest BCUT2D eigenvalue weighted by atomic mass is 9.55. The third-order valence-corrected chi connectivity index (χ3v) is 8.51. The molecule has 9 heteroatoms. The molecule has 3 unspecified atom stereocenters. The van der Waals surface area contributed by atoms with Crippen LogP contribution in [0.15, 0.2) is 72.8 Å². The van der Waals surface area contributed by atoms with E-state index in [1.54, 1.807) is 0 Å². The molecular weight excluding hydrogens is 524 g/mol. The predicted octanol–water partition coefficient (Wildman–Crippen LogP) is 4.63. The highest BCUT2D eigenvalue weighted by atomic mass is 16.6. The van der Waals surface area contributed by atoms with Crippen molar-refractivity contribution in [3.63, 3.8) is 0 Å². The molecule has 7 rings (SSSR count). The van der Waals surface area contributed by atoms with Gasteiger partial charge in [0.05, 0.1) is 16.8 Å². The number of Topliss-reactive ketones (excluding diaryl/α,β-unsaturated/α-hetero) is 1. The molecule has 0 radical (unpaired) electrons. The van der Waals surface area contributed by atoms with Crippen LogP contribution in [-0.4, -0.2) is 46.0 Å². The number of esters is 1. The molecule has 0 saturated carbocycles. The Bertz CT molecular complexity index is 1480. The molecule has 41 heavy (non-hydrogen) atoms. The van der Waals surface area contributed by atoms with E-state index in [2.05, 4.69) is 0 Å². The maximum atomic E-state index is 14.1. The molecular formula is C32H28N2O7. The largest absolute Gasteiger partial charge is 0.456 e. The lowest BCUT2D eigenvalue weighted by molar-refractivity contribution is -0.384. The van der Waals surface area contributed by atoms with Crippen LogP contribution in [0.3, 0.4) is 0 Å². The maximum absolute atomic E-state index is 14.1. The van der Waals surface area contributed by atoms with Crippen molar-refractivity contribution in [1.82, 2.24) is 4.90 Å². The average molecular weight is 553 g/mol. The Morgan fingerprint density at radius 1 is 0.829 bits per heavy atom. The van der Waals surface area contributed by atoms with Crippen LogP contribution in [0.2, 0.25) is 0 Å². The van der Waals surface area contributed by atoms with Crippen molar-refractivity contribution in [2.75, 3.05) is 6.61 Å². The zero-order valence-electron chi connectivity index (χ0n) is 22.6. The summed E-state index contributed by atoms with van der Waals surface area (Å²) in [6, 6.07) is 19.7. The Morgan fingerprint density at radius 3 is 1.71 bits per heavy atom. The first kappa shape index (κ1) is 26.6. The maximum Gasteiger partial charge on any atom is 0.329 e. The van der Waals surface area contributed by atoms with Crippen LogP contribution in [0.5, 0.6) is 0 Å². The molecule has 0 N–H and O–H groups in total. The van der Waals surface area contributed by atoms with Crippen LogP contribution >= 0.6 is 0 Å². The van der Waals surface area contributed by atoms with Gasteiger partial charge in [-0.05, 0) is 46.7 Å². The number of rotatable bonds is 8. The minimum absolute atomic E-state index is 0.0488. The van der Waals surface area contributed by atoms with Gasteiger partial charge in [0, 0.05) is 29.5 Å². The summed E-state index contributed by atoms with van der Waals surface area (Å²) in [5.74, 6) is -4.02. The smallest absolute Gasteiger partial charge is 0.329 e. The minimum Gasteiger partial charge on any atom is -0.456 e. The van der Waals surface area contributed by atoms with Gasteiger partial charge in [-0.15, -0.1) is 0 Å². The molecule has 208 valence electrons. The second-order valence-corrected chi connectivity index (χ2v) is 11.3. The molecule has 1 aliphatic heterocycles. The van der Waals surface area contributed by atoms with E-state index in [0.29, 0.717) is 0 Å². The van der Waals surface area contributed by atoms with Crippen LogP contribution in [0.1, 0.15) is 64.7 Å². The molecule has 1 heterocycles. The van der Waals surface area contributed by atoms with Gasteiger partial charge in [-0.1, -0.05) is 62.4 Å². The standard InChI is InChI=1S/C32H28N2O7/c1-17(2)15-24(32(38)41-16-25(35)18-11-13-19(14-12-18)34(39)40)33-30(36)28-26-20-7-3-4-8-21(20)27(29(28)31(33)37)23-10-6-5-9-22(23)26/h3-14,17,24,26-29H,15-16H2,1-2H3. The van der Waals surface area contributed by atoms with E-state index < -0.39 is 41.2 Å². The van der Waals surface area contributed by atoms with Gasteiger partial charge in [-0.2, -0.15) is 0 Å². The molecule has 9 nitrogen and oxygen atoms in total. The van der Waals surface area contributed by atoms with E-state index in [1.165, 1.54) is 24.3 Å². The SMILES string of the molecule is CC(C)CC(C(=O)OCC(=O)c1ccc([N+](=O)[O-])cc1)N1C(=O)C2C3c4ccccc4C(c4ccccc43)C2C1=O. The number of hydrogen-bond donors (Lipinski definition) is 0. The molecule has 3 aromatic rings. The number of non-ortho nitro benzene ring substituents is 1. The number of carbonyl (C=O) groups excluding carboxylic acids is 4. The fourth-order valence-electron chi connectivity index (χ4n) is 6.85. The van der Waals surface area contributed by atoms with Gasteiger partial charge in [0.15, 0.2) is 12.4 Å². The van der Waals surface area contributed by atoms with E-state index in [9.17, 15) is 29.3 Å². The molecule has 0 spiro atoms. The van der Waals surface area contributed by atoms with Crippen LogP contribution in [0.4, 0.5) is 5.69 Å².